The van der Waals surface area contributed by atoms with Crippen LogP contribution in [0, 0.1) is 0 Å². The van der Waals surface area contributed by atoms with Gasteiger partial charge in [0.1, 0.15) is 11.4 Å². The number of carbonyl (C=O) groups excluding carboxylic acids is 1. The fourth-order valence-electron chi connectivity index (χ4n) is 2.58. The van der Waals surface area contributed by atoms with Crippen LogP contribution < -0.4 is 5.32 Å². The van der Waals surface area contributed by atoms with Gasteiger partial charge in [0.2, 0.25) is 0 Å². The van der Waals surface area contributed by atoms with Crippen LogP contribution in [0.5, 0.6) is 0 Å². The number of thiazole rings is 1. The zero-order valence-electron chi connectivity index (χ0n) is 15.3. The number of carbonyl (C=O) groups is 1. The molecular weight excluding hydrogens is 353 g/mol. The molecule has 0 radical (unpaired) electrons. The molecule has 0 spiro atoms. The van der Waals surface area contributed by atoms with E-state index in [-0.39, 0.29) is 6.61 Å². The van der Waals surface area contributed by atoms with Crippen molar-refractivity contribution in [1.82, 2.24) is 10.3 Å². The first-order valence-electron chi connectivity index (χ1n) is 8.18. The highest BCUT2D eigenvalue weighted by atomic mass is 32.1. The van der Waals surface area contributed by atoms with Crippen LogP contribution in [0.4, 0.5) is 4.39 Å². The van der Waals surface area contributed by atoms with E-state index in [2.05, 4.69) is 16.9 Å². The zero-order chi connectivity index (χ0) is 19.3. The molecule has 1 aromatic heterocycles. The number of amidine groups is 1. The summed E-state index contributed by atoms with van der Waals surface area (Å²) in [5.41, 5.74) is 0.308. The van der Waals surface area contributed by atoms with Crippen molar-refractivity contribution in [3.8, 4) is 0 Å². The largest absolute Gasteiger partial charge is 0.463 e. The number of nitrogens with zero attached hydrogens (tertiary/aromatic N) is 2. The average molecular weight is 375 g/mol. The molecule has 0 unspecified atom stereocenters. The third-order valence-electron chi connectivity index (χ3n) is 3.96. The summed E-state index contributed by atoms with van der Waals surface area (Å²) in [6.45, 7) is 11.1. The van der Waals surface area contributed by atoms with Gasteiger partial charge in [-0.1, -0.05) is 18.7 Å². The third kappa shape index (κ3) is 3.99. The van der Waals surface area contributed by atoms with Crippen LogP contribution in [-0.2, 0) is 9.53 Å². The van der Waals surface area contributed by atoms with Crippen molar-refractivity contribution in [2.24, 2.45) is 4.99 Å². The van der Waals surface area contributed by atoms with E-state index >= 15 is 0 Å². The molecule has 1 aliphatic heterocycles. The Bertz CT molecular complexity index is 822. The number of hydrogen-bond acceptors (Lipinski definition) is 6. The van der Waals surface area contributed by atoms with Gasteiger partial charge in [-0.05, 0) is 39.3 Å². The minimum absolute atomic E-state index is 0.240. The van der Waals surface area contributed by atoms with Crippen molar-refractivity contribution in [2.45, 2.75) is 33.2 Å². The van der Waals surface area contributed by atoms with Crippen LogP contribution in [0.2, 0.25) is 0 Å². The molecule has 2 heterocycles. The highest BCUT2D eigenvalue weighted by Gasteiger charge is 2.41. The number of allylic oxidation sites excluding steroid dienone is 4. The summed E-state index contributed by atoms with van der Waals surface area (Å²) in [5, 5.41) is 5.65. The summed E-state index contributed by atoms with van der Waals surface area (Å²) in [6, 6.07) is 0. The van der Waals surface area contributed by atoms with Crippen molar-refractivity contribution in [3.05, 3.63) is 64.1 Å². The number of aromatic nitrogens is 1. The predicted molar refractivity (Wildman–Crippen MR) is 103 cm³/mol. The second-order valence-corrected chi connectivity index (χ2v) is 6.64. The van der Waals surface area contributed by atoms with Gasteiger partial charge in [-0.15, -0.1) is 11.3 Å². The van der Waals surface area contributed by atoms with Gasteiger partial charge in [-0.2, -0.15) is 0 Å². The maximum absolute atomic E-state index is 13.5. The van der Waals surface area contributed by atoms with Crippen LogP contribution in [0.15, 0.2) is 64.0 Å². The molecule has 0 fully saturated rings. The molecule has 0 aromatic carbocycles. The van der Waals surface area contributed by atoms with Crippen molar-refractivity contribution < 1.29 is 13.9 Å². The third-order valence-corrected chi connectivity index (χ3v) is 4.74. The highest BCUT2D eigenvalue weighted by Crippen LogP contribution is 2.36. The molecule has 0 bridgehead atoms. The van der Waals surface area contributed by atoms with E-state index in [1.165, 1.54) is 29.6 Å². The molecule has 1 aliphatic rings. The Hall–Kier alpha value is -2.54. The van der Waals surface area contributed by atoms with Gasteiger partial charge in [0.25, 0.3) is 0 Å². The van der Waals surface area contributed by atoms with E-state index in [1.54, 1.807) is 33.9 Å². The van der Waals surface area contributed by atoms with E-state index in [9.17, 15) is 9.18 Å². The monoisotopic (exact) mass is 375 g/mol. The smallest absolute Gasteiger partial charge is 0.338 e. The van der Waals surface area contributed by atoms with Crippen LogP contribution in [0.25, 0.3) is 0 Å². The lowest BCUT2D eigenvalue weighted by Gasteiger charge is -2.34. The Morgan fingerprint density at radius 3 is 2.81 bits per heavy atom. The SMILES string of the molecule is C=C(/C=C\C(F)=C/C)[C@@]1(C)N=C(c2nccs2)NC(C)=C1C(=O)OCC. The Morgan fingerprint density at radius 1 is 1.50 bits per heavy atom. The Balaban J connectivity index is 2.54. The maximum Gasteiger partial charge on any atom is 0.338 e. The van der Waals surface area contributed by atoms with E-state index in [4.69, 9.17) is 9.73 Å². The van der Waals surface area contributed by atoms with Crippen molar-refractivity contribution in [3.63, 3.8) is 0 Å². The second-order valence-electron chi connectivity index (χ2n) is 5.75. The summed E-state index contributed by atoms with van der Waals surface area (Å²) in [6.07, 6.45) is 5.84. The fourth-order valence-corrected chi connectivity index (χ4v) is 3.16. The van der Waals surface area contributed by atoms with Gasteiger partial charge >= 0.3 is 5.97 Å². The minimum Gasteiger partial charge on any atom is -0.463 e. The van der Waals surface area contributed by atoms with Crippen molar-refractivity contribution >= 4 is 23.1 Å². The van der Waals surface area contributed by atoms with Gasteiger partial charge in [0.15, 0.2) is 10.8 Å². The average Bonchev–Trinajstić information content (AvgIpc) is 3.13. The van der Waals surface area contributed by atoms with Gasteiger partial charge < -0.3 is 10.1 Å². The lowest BCUT2D eigenvalue weighted by Crippen LogP contribution is -2.43. The highest BCUT2D eigenvalue weighted by molar-refractivity contribution is 7.11. The fraction of sp³-hybridized carbons (Fsp3) is 0.316. The first kappa shape index (κ1) is 19.8. The Kier molecular flexibility index (Phi) is 6.26. The molecule has 5 nitrogen and oxygen atoms in total. The summed E-state index contributed by atoms with van der Waals surface area (Å²) in [7, 11) is 0. The number of rotatable bonds is 6. The molecule has 0 saturated heterocycles. The first-order chi connectivity index (χ1) is 12.3. The molecule has 1 aromatic rings. The van der Waals surface area contributed by atoms with Crippen molar-refractivity contribution in [1.29, 1.82) is 0 Å². The number of esters is 1. The lowest BCUT2D eigenvalue weighted by atomic mass is 9.82. The van der Waals surface area contributed by atoms with Crippen LogP contribution >= 0.6 is 11.3 Å². The van der Waals surface area contributed by atoms with E-state index in [0.29, 0.717) is 27.7 Å². The number of aliphatic imine (C=N–C) groups is 1. The molecule has 26 heavy (non-hydrogen) atoms. The molecule has 1 N–H and O–H groups in total. The van der Waals surface area contributed by atoms with Crippen LogP contribution in [0.3, 0.4) is 0 Å². The molecule has 0 aliphatic carbocycles. The topological polar surface area (TPSA) is 63.6 Å². The second kappa shape index (κ2) is 8.23. The number of ether oxygens (including phenoxy) is 1. The van der Waals surface area contributed by atoms with E-state index < -0.39 is 17.3 Å². The van der Waals surface area contributed by atoms with E-state index in [0.717, 1.165) is 0 Å². The van der Waals surface area contributed by atoms with Crippen LogP contribution in [-0.4, -0.2) is 28.9 Å². The van der Waals surface area contributed by atoms with Gasteiger partial charge in [-0.3, -0.25) is 0 Å². The standard InChI is InChI=1S/C19H22FN3O2S/c1-6-14(20)9-8-12(3)19(5)15(18(24)25-7-2)13(4)22-16(23-19)17-21-10-11-26-17/h6,8-11H,3,7H2,1-2,4-5H3,(H,22,23)/b9-8-,14-6+/t19-/m1/s1. The molecule has 0 saturated carbocycles. The first-order valence-corrected chi connectivity index (χ1v) is 9.06. The Morgan fingerprint density at radius 2 is 2.23 bits per heavy atom. The predicted octanol–water partition coefficient (Wildman–Crippen LogP) is 4.07. The number of hydrogen-bond donors (Lipinski definition) is 1. The molecule has 138 valence electrons. The normalized spacial score (nSPS) is 20.8. The van der Waals surface area contributed by atoms with Crippen LogP contribution in [0.1, 0.15) is 32.7 Å². The molecule has 2 rings (SSSR count). The summed E-state index contributed by atoms with van der Waals surface area (Å²) >= 11 is 1.43. The molecule has 0 amide bonds. The van der Waals surface area contributed by atoms with Gasteiger partial charge in [-0.25, -0.2) is 19.2 Å². The number of halogens is 1. The summed E-state index contributed by atoms with van der Waals surface area (Å²) < 4.78 is 18.7. The minimum atomic E-state index is -1.10. The molecule has 7 heteroatoms. The lowest BCUT2D eigenvalue weighted by molar-refractivity contribution is -0.139. The van der Waals surface area contributed by atoms with Crippen molar-refractivity contribution in [2.75, 3.05) is 6.61 Å². The van der Waals surface area contributed by atoms with Gasteiger partial charge in [0.05, 0.1) is 12.2 Å². The van der Waals surface area contributed by atoms with E-state index in [1.807, 2.05) is 5.38 Å². The molecular formula is C19H22FN3O2S. The maximum atomic E-state index is 13.5. The molecule has 1 atom stereocenters. The summed E-state index contributed by atoms with van der Waals surface area (Å²) in [5.74, 6) is -0.344. The quantitative estimate of drug-likeness (QED) is 0.601. The summed E-state index contributed by atoms with van der Waals surface area (Å²) in [4.78, 5) is 21.5. The zero-order valence-corrected chi connectivity index (χ0v) is 16.1. The number of nitrogens with one attached hydrogen (secondary N) is 1. The Labute approximate surface area is 156 Å². The van der Waals surface area contributed by atoms with Gasteiger partial charge in [0, 0.05) is 17.3 Å².